The van der Waals surface area contributed by atoms with E-state index in [0.717, 1.165) is 38.8 Å². The number of rotatable bonds is 8. The van der Waals surface area contributed by atoms with E-state index in [-0.39, 0.29) is 18.0 Å². The molecule has 1 aromatic heterocycles. The Labute approximate surface area is 226 Å². The summed E-state index contributed by atoms with van der Waals surface area (Å²) >= 11 is 6.42. The number of hydrogen-bond donors (Lipinski definition) is 3. The van der Waals surface area contributed by atoms with Gasteiger partial charge in [-0.2, -0.15) is 0 Å². The average Bonchev–Trinajstić information content (AvgIpc) is 3.73. The monoisotopic (exact) mass is 537 g/mol. The molecule has 1 aliphatic carbocycles. The number of aromatic nitrogens is 1. The predicted molar refractivity (Wildman–Crippen MR) is 148 cm³/mol. The van der Waals surface area contributed by atoms with Crippen LogP contribution in [0.5, 0.6) is 17.2 Å². The number of nitrogens with zero attached hydrogens (tertiary/aromatic N) is 2. The van der Waals surface area contributed by atoms with E-state index in [9.17, 15) is 9.59 Å². The molecule has 2 aromatic carbocycles. The topological polar surface area (TPSA) is 105 Å². The molecule has 38 heavy (non-hydrogen) atoms. The highest BCUT2D eigenvalue weighted by Gasteiger charge is 2.24. The van der Waals surface area contributed by atoms with Crippen molar-refractivity contribution in [1.29, 1.82) is 0 Å². The molecular formula is C28H32ClN5O4. The molecule has 10 heteroatoms. The second-order valence-corrected chi connectivity index (χ2v) is 10.4. The van der Waals surface area contributed by atoms with E-state index in [1.165, 1.54) is 7.11 Å². The molecule has 200 valence electrons. The number of likely N-dealkylation sites (tertiary alicyclic amines) is 1. The van der Waals surface area contributed by atoms with Crippen molar-refractivity contribution < 1.29 is 19.1 Å². The van der Waals surface area contributed by atoms with Crippen LogP contribution in [0.2, 0.25) is 5.02 Å². The van der Waals surface area contributed by atoms with Gasteiger partial charge in [0.1, 0.15) is 17.2 Å². The number of methoxy groups -OCH3 is 1. The highest BCUT2D eigenvalue weighted by Crippen LogP contribution is 2.35. The Balaban J connectivity index is 1.33. The molecule has 2 aliphatic rings. The van der Waals surface area contributed by atoms with Crippen molar-refractivity contribution >= 4 is 40.1 Å². The number of amides is 3. The first kappa shape index (κ1) is 26.1. The van der Waals surface area contributed by atoms with Crippen LogP contribution in [-0.2, 0) is 0 Å². The van der Waals surface area contributed by atoms with Crippen LogP contribution < -0.4 is 25.4 Å². The average molecular weight is 538 g/mol. The van der Waals surface area contributed by atoms with Gasteiger partial charge in [0, 0.05) is 36.3 Å². The number of carbonyl (C=O) groups excluding carboxylic acids is 2. The van der Waals surface area contributed by atoms with Gasteiger partial charge < -0.3 is 30.3 Å². The molecule has 0 bridgehead atoms. The molecule has 0 atom stereocenters. The van der Waals surface area contributed by atoms with E-state index < -0.39 is 0 Å². The van der Waals surface area contributed by atoms with Gasteiger partial charge in [-0.05, 0) is 76.0 Å². The first-order chi connectivity index (χ1) is 18.4. The van der Waals surface area contributed by atoms with Crippen LogP contribution in [0.25, 0.3) is 10.9 Å². The molecule has 1 saturated heterocycles. The summed E-state index contributed by atoms with van der Waals surface area (Å²) in [4.78, 5) is 32.0. The van der Waals surface area contributed by atoms with E-state index in [0.29, 0.717) is 56.9 Å². The Morgan fingerprint density at radius 2 is 1.87 bits per heavy atom. The third-order valence-electron chi connectivity index (χ3n) is 6.99. The number of carbonyl (C=O) groups is 2. The second-order valence-electron chi connectivity index (χ2n) is 9.95. The van der Waals surface area contributed by atoms with Crippen molar-refractivity contribution in [3.05, 3.63) is 53.2 Å². The Morgan fingerprint density at radius 1 is 1.08 bits per heavy atom. The lowest BCUT2D eigenvalue weighted by Crippen LogP contribution is -2.37. The second kappa shape index (κ2) is 11.4. The zero-order valence-electron chi connectivity index (χ0n) is 21.6. The maximum Gasteiger partial charge on any atom is 0.319 e. The molecule has 2 heterocycles. The highest BCUT2D eigenvalue weighted by atomic mass is 35.5. The molecule has 3 aromatic rings. The summed E-state index contributed by atoms with van der Waals surface area (Å²) < 4.78 is 11.7. The third-order valence-corrected chi connectivity index (χ3v) is 7.30. The number of halogens is 1. The zero-order valence-corrected chi connectivity index (χ0v) is 22.3. The number of piperidine rings is 1. The fourth-order valence-electron chi connectivity index (χ4n) is 4.54. The van der Waals surface area contributed by atoms with Gasteiger partial charge >= 0.3 is 6.03 Å². The Kier molecular flexibility index (Phi) is 7.85. The van der Waals surface area contributed by atoms with E-state index in [1.807, 2.05) is 0 Å². The number of fused-ring (bicyclic) bond motifs is 1. The van der Waals surface area contributed by atoms with Crippen molar-refractivity contribution in [2.24, 2.45) is 5.92 Å². The van der Waals surface area contributed by atoms with Crippen molar-refractivity contribution in [3.63, 3.8) is 0 Å². The number of ether oxygens (including phenoxy) is 2. The molecule has 1 aliphatic heterocycles. The Morgan fingerprint density at radius 3 is 2.58 bits per heavy atom. The molecule has 5 rings (SSSR count). The summed E-state index contributed by atoms with van der Waals surface area (Å²) in [6.45, 7) is 2.71. The fourth-order valence-corrected chi connectivity index (χ4v) is 4.76. The van der Waals surface area contributed by atoms with E-state index >= 15 is 0 Å². The van der Waals surface area contributed by atoms with Crippen LogP contribution >= 0.6 is 11.6 Å². The minimum absolute atomic E-state index is 0.194. The van der Waals surface area contributed by atoms with Crippen LogP contribution in [0, 0.1) is 5.92 Å². The molecule has 9 nitrogen and oxygen atoms in total. The summed E-state index contributed by atoms with van der Waals surface area (Å²) in [7, 11) is 3.66. The zero-order chi connectivity index (χ0) is 26.6. The fraction of sp³-hybridized carbons (Fsp3) is 0.393. The van der Waals surface area contributed by atoms with Crippen molar-refractivity contribution in [3.8, 4) is 17.2 Å². The molecule has 2 fully saturated rings. The number of nitrogens with one attached hydrogen (secondary N) is 3. The number of hydrogen-bond acceptors (Lipinski definition) is 6. The van der Waals surface area contributed by atoms with Gasteiger partial charge in [-0.1, -0.05) is 11.6 Å². The smallest absolute Gasteiger partial charge is 0.319 e. The minimum atomic E-state index is -0.279. The molecule has 1 saturated carbocycles. The van der Waals surface area contributed by atoms with Crippen molar-refractivity contribution in [1.82, 2.24) is 20.5 Å². The first-order valence-electron chi connectivity index (χ1n) is 12.9. The van der Waals surface area contributed by atoms with Crippen LogP contribution in [0.3, 0.4) is 0 Å². The van der Waals surface area contributed by atoms with Gasteiger partial charge in [-0.3, -0.25) is 9.78 Å². The summed E-state index contributed by atoms with van der Waals surface area (Å²) in [6, 6.07) is 10.3. The number of pyridine rings is 1. The van der Waals surface area contributed by atoms with Crippen LogP contribution in [0.15, 0.2) is 42.6 Å². The lowest BCUT2D eigenvalue weighted by molar-refractivity contribution is 0.0936. The maximum absolute atomic E-state index is 13.2. The summed E-state index contributed by atoms with van der Waals surface area (Å²) in [5.41, 5.74) is 1.54. The largest absolute Gasteiger partial charge is 0.496 e. The first-order valence-corrected chi connectivity index (χ1v) is 13.3. The third kappa shape index (κ3) is 6.28. The predicted octanol–water partition coefficient (Wildman–Crippen LogP) is 5.04. The molecule has 3 N–H and O–H groups in total. The number of anilines is 1. The van der Waals surface area contributed by atoms with Gasteiger partial charge in [0.05, 0.1) is 28.9 Å². The number of urea groups is 1. The van der Waals surface area contributed by atoms with E-state index in [4.69, 9.17) is 21.1 Å². The highest BCUT2D eigenvalue weighted by molar-refractivity contribution is 6.33. The molecule has 0 unspecified atom stereocenters. The quantitative estimate of drug-likeness (QED) is 0.371. The van der Waals surface area contributed by atoms with Gasteiger partial charge in [-0.25, -0.2) is 4.79 Å². The van der Waals surface area contributed by atoms with Crippen LogP contribution in [0.4, 0.5) is 10.5 Å². The SMILES string of the molecule is COc1cc2nccc(Oc3ccc(NC(=O)NC4CC4)c(Cl)c3)c2cc1C(=O)NCC1CCN(C)CC1. The Hall–Kier alpha value is -3.56. The van der Waals surface area contributed by atoms with Crippen LogP contribution in [-0.4, -0.2) is 61.7 Å². The van der Waals surface area contributed by atoms with Crippen molar-refractivity contribution in [2.45, 2.75) is 31.7 Å². The van der Waals surface area contributed by atoms with E-state index in [2.05, 4.69) is 32.9 Å². The Bertz CT molecular complexity index is 1340. The van der Waals surface area contributed by atoms with Gasteiger partial charge in [0.25, 0.3) is 5.91 Å². The normalized spacial score (nSPS) is 16.2. The molecule has 3 amide bonds. The summed E-state index contributed by atoms with van der Waals surface area (Å²) in [6.07, 6.45) is 5.77. The maximum atomic E-state index is 13.2. The van der Waals surface area contributed by atoms with Gasteiger partial charge in [0.15, 0.2) is 0 Å². The van der Waals surface area contributed by atoms with Crippen LogP contribution in [0.1, 0.15) is 36.0 Å². The lowest BCUT2D eigenvalue weighted by Gasteiger charge is -2.29. The van der Waals surface area contributed by atoms with E-state index in [1.54, 1.807) is 42.6 Å². The standard InChI is InChI=1S/C28H32ClN5O4/c1-34-11-8-17(9-12-34)16-31-27(35)21-14-20-24(15-26(21)37-2)30-10-7-25(20)38-19-5-6-23(22(29)13-19)33-28(36)32-18-3-4-18/h5-7,10,13-15,17-18H,3-4,8-9,11-12,16H2,1-2H3,(H,31,35)(H2,32,33,36). The van der Waals surface area contributed by atoms with Crippen molar-refractivity contribution in [2.75, 3.05) is 39.1 Å². The minimum Gasteiger partial charge on any atom is -0.496 e. The lowest BCUT2D eigenvalue weighted by atomic mass is 9.97. The van der Waals surface area contributed by atoms with Gasteiger partial charge in [-0.15, -0.1) is 0 Å². The molecular weight excluding hydrogens is 506 g/mol. The molecule has 0 radical (unpaired) electrons. The number of benzene rings is 2. The summed E-state index contributed by atoms with van der Waals surface area (Å²) in [5.74, 6) is 1.72. The summed E-state index contributed by atoms with van der Waals surface area (Å²) in [5, 5.41) is 9.73. The van der Waals surface area contributed by atoms with Gasteiger partial charge in [0.2, 0.25) is 0 Å². The molecule has 0 spiro atoms.